The molecule has 1 aliphatic rings. The molecule has 4 rings (SSSR count). The highest BCUT2D eigenvalue weighted by Gasteiger charge is 2.33. The summed E-state index contributed by atoms with van der Waals surface area (Å²) in [6.07, 6.45) is 1.92. The topological polar surface area (TPSA) is 81.5 Å². The van der Waals surface area contributed by atoms with Crippen LogP contribution in [0.15, 0.2) is 54.7 Å². The van der Waals surface area contributed by atoms with E-state index in [1.807, 2.05) is 41.2 Å². The Kier molecular flexibility index (Phi) is 4.84. The van der Waals surface area contributed by atoms with Gasteiger partial charge in [-0.25, -0.2) is 9.48 Å². The Bertz CT molecular complexity index is 967. The smallest absolute Gasteiger partial charge is 0.322 e. The molecule has 28 heavy (non-hydrogen) atoms. The van der Waals surface area contributed by atoms with Crippen molar-refractivity contribution in [1.82, 2.24) is 19.9 Å². The number of hydrogen-bond acceptors (Lipinski definition) is 5. The highest BCUT2D eigenvalue weighted by Crippen LogP contribution is 2.35. The number of amides is 2. The summed E-state index contributed by atoms with van der Waals surface area (Å²) in [5, 5.41) is 11.3. The highest BCUT2D eigenvalue weighted by atomic mass is 16.5. The lowest BCUT2D eigenvalue weighted by atomic mass is 10.1. The van der Waals surface area contributed by atoms with E-state index in [2.05, 4.69) is 15.6 Å². The zero-order valence-corrected chi connectivity index (χ0v) is 15.7. The van der Waals surface area contributed by atoms with E-state index in [1.165, 1.54) is 0 Å². The first-order valence-electron chi connectivity index (χ1n) is 8.93. The summed E-state index contributed by atoms with van der Waals surface area (Å²) in [4.78, 5) is 14.3. The average Bonchev–Trinajstić information content (AvgIpc) is 3.17. The van der Waals surface area contributed by atoms with Gasteiger partial charge in [0.05, 0.1) is 32.1 Å². The van der Waals surface area contributed by atoms with Gasteiger partial charge in [0.25, 0.3) is 0 Å². The molecule has 144 valence electrons. The fourth-order valence-electron chi connectivity index (χ4n) is 3.16. The first-order valence-corrected chi connectivity index (χ1v) is 8.93. The van der Waals surface area contributed by atoms with Gasteiger partial charge in [-0.05, 0) is 12.1 Å². The van der Waals surface area contributed by atoms with Gasteiger partial charge < -0.3 is 19.7 Å². The Hall–Kier alpha value is -3.55. The molecule has 0 unspecified atom stereocenters. The van der Waals surface area contributed by atoms with Gasteiger partial charge in [-0.15, -0.1) is 5.10 Å². The summed E-state index contributed by atoms with van der Waals surface area (Å²) in [6.45, 7) is 1.13. The van der Waals surface area contributed by atoms with Gasteiger partial charge in [0.2, 0.25) is 0 Å². The van der Waals surface area contributed by atoms with Crippen LogP contribution >= 0.6 is 0 Å². The lowest BCUT2D eigenvalue weighted by molar-refractivity contribution is 0.127. The first-order chi connectivity index (χ1) is 13.7. The molecule has 0 radical (unpaired) electrons. The molecule has 0 saturated carbocycles. The van der Waals surface area contributed by atoms with Gasteiger partial charge in [0, 0.05) is 18.7 Å². The van der Waals surface area contributed by atoms with Gasteiger partial charge >= 0.3 is 6.03 Å². The summed E-state index contributed by atoms with van der Waals surface area (Å²) < 4.78 is 12.4. The van der Waals surface area contributed by atoms with E-state index in [0.29, 0.717) is 30.3 Å². The van der Waals surface area contributed by atoms with Gasteiger partial charge in [-0.2, -0.15) is 0 Å². The molecule has 2 aromatic carbocycles. The molecule has 1 aliphatic heterocycles. The van der Waals surface area contributed by atoms with Crippen LogP contribution in [-0.2, 0) is 0 Å². The quantitative estimate of drug-likeness (QED) is 0.737. The van der Waals surface area contributed by atoms with E-state index < -0.39 is 0 Å². The number of carbonyl (C=O) groups is 1. The van der Waals surface area contributed by atoms with Crippen LogP contribution in [0.4, 0.5) is 10.5 Å². The molecule has 1 N–H and O–H groups in total. The van der Waals surface area contributed by atoms with Crippen molar-refractivity contribution < 1.29 is 14.3 Å². The SMILES string of the molecule is COc1cccc(NC(=O)N2CC(n3cc(-c4ccccc4)nn3)C2)c1OC. The molecule has 3 aromatic rings. The van der Waals surface area contributed by atoms with Gasteiger partial charge in [0.15, 0.2) is 11.5 Å². The van der Waals surface area contributed by atoms with E-state index in [4.69, 9.17) is 9.47 Å². The number of ether oxygens (including phenoxy) is 2. The molecule has 0 aliphatic carbocycles. The molecule has 2 heterocycles. The van der Waals surface area contributed by atoms with E-state index in [-0.39, 0.29) is 12.1 Å². The van der Waals surface area contributed by atoms with Crippen LogP contribution in [0.1, 0.15) is 6.04 Å². The Balaban J connectivity index is 1.38. The van der Waals surface area contributed by atoms with Crippen LogP contribution < -0.4 is 14.8 Å². The number of nitrogens with zero attached hydrogens (tertiary/aromatic N) is 4. The zero-order valence-electron chi connectivity index (χ0n) is 15.7. The predicted octanol–water partition coefficient (Wildman–Crippen LogP) is 3.05. The third-order valence-electron chi connectivity index (χ3n) is 4.75. The van der Waals surface area contributed by atoms with Crippen LogP contribution in [0.25, 0.3) is 11.3 Å². The van der Waals surface area contributed by atoms with Crippen molar-refractivity contribution in [1.29, 1.82) is 0 Å². The molecule has 8 nitrogen and oxygen atoms in total. The number of carbonyl (C=O) groups excluding carboxylic acids is 1. The van der Waals surface area contributed by atoms with Crippen LogP contribution in [0, 0.1) is 0 Å². The van der Waals surface area contributed by atoms with E-state index in [0.717, 1.165) is 11.3 Å². The van der Waals surface area contributed by atoms with E-state index in [1.54, 1.807) is 37.3 Å². The Morgan fingerprint density at radius 3 is 2.57 bits per heavy atom. The second-order valence-electron chi connectivity index (χ2n) is 6.48. The van der Waals surface area contributed by atoms with Gasteiger partial charge in [-0.3, -0.25) is 0 Å². The lowest BCUT2D eigenvalue weighted by Gasteiger charge is -2.38. The maximum Gasteiger partial charge on any atom is 0.322 e. The number of hydrogen-bond donors (Lipinski definition) is 1. The van der Waals surface area contributed by atoms with Crippen LogP contribution in [-0.4, -0.2) is 53.2 Å². The number of benzene rings is 2. The summed E-state index contributed by atoms with van der Waals surface area (Å²) >= 11 is 0. The fraction of sp³-hybridized carbons (Fsp3) is 0.250. The predicted molar refractivity (Wildman–Crippen MR) is 105 cm³/mol. The third kappa shape index (κ3) is 3.36. The van der Waals surface area contributed by atoms with Gasteiger partial charge in [0.1, 0.15) is 5.69 Å². The van der Waals surface area contributed by atoms with Crippen LogP contribution in [0.3, 0.4) is 0 Å². The Morgan fingerprint density at radius 2 is 1.86 bits per heavy atom. The molecule has 2 amide bonds. The summed E-state index contributed by atoms with van der Waals surface area (Å²) in [5.74, 6) is 1.07. The maximum absolute atomic E-state index is 12.5. The summed E-state index contributed by atoms with van der Waals surface area (Å²) in [7, 11) is 3.10. The number of methoxy groups -OCH3 is 2. The molecule has 1 aromatic heterocycles. The lowest BCUT2D eigenvalue weighted by Crippen LogP contribution is -2.52. The minimum Gasteiger partial charge on any atom is -0.493 e. The third-order valence-corrected chi connectivity index (χ3v) is 4.75. The second kappa shape index (κ2) is 7.59. The molecule has 1 saturated heterocycles. The number of urea groups is 1. The molecular weight excluding hydrogens is 358 g/mol. The minimum absolute atomic E-state index is 0.114. The first kappa shape index (κ1) is 17.8. The number of nitrogens with one attached hydrogen (secondary N) is 1. The van der Waals surface area contributed by atoms with Crippen LogP contribution in [0.2, 0.25) is 0 Å². The Labute approximate surface area is 162 Å². The minimum atomic E-state index is -0.189. The van der Waals surface area contributed by atoms with Gasteiger partial charge in [-0.1, -0.05) is 41.6 Å². The highest BCUT2D eigenvalue weighted by molar-refractivity contribution is 5.92. The van der Waals surface area contributed by atoms with Crippen molar-refractivity contribution >= 4 is 11.7 Å². The van der Waals surface area contributed by atoms with Crippen molar-refractivity contribution in [3.05, 3.63) is 54.7 Å². The largest absolute Gasteiger partial charge is 0.493 e. The van der Waals surface area contributed by atoms with Crippen molar-refractivity contribution in [2.24, 2.45) is 0 Å². The normalized spacial score (nSPS) is 13.7. The number of para-hydroxylation sites is 1. The average molecular weight is 379 g/mol. The van der Waals surface area contributed by atoms with Crippen LogP contribution in [0.5, 0.6) is 11.5 Å². The number of likely N-dealkylation sites (tertiary alicyclic amines) is 1. The monoisotopic (exact) mass is 379 g/mol. The number of anilines is 1. The van der Waals surface area contributed by atoms with E-state index >= 15 is 0 Å². The molecule has 8 heteroatoms. The molecule has 0 bridgehead atoms. The molecular formula is C20H21N5O3. The summed E-state index contributed by atoms with van der Waals surface area (Å²) in [5.41, 5.74) is 2.42. The van der Waals surface area contributed by atoms with E-state index in [9.17, 15) is 4.79 Å². The van der Waals surface area contributed by atoms with Crippen molar-refractivity contribution in [2.45, 2.75) is 6.04 Å². The fourth-order valence-corrected chi connectivity index (χ4v) is 3.16. The number of rotatable bonds is 5. The van der Waals surface area contributed by atoms with Crippen molar-refractivity contribution in [3.8, 4) is 22.8 Å². The van der Waals surface area contributed by atoms with Crippen molar-refractivity contribution in [3.63, 3.8) is 0 Å². The zero-order chi connectivity index (χ0) is 19.5. The second-order valence-corrected chi connectivity index (χ2v) is 6.48. The molecule has 0 atom stereocenters. The standard InChI is InChI=1S/C20H21N5O3/c1-27-18-10-6-9-16(19(18)28-2)21-20(26)24-11-15(12-24)25-13-17(22-23-25)14-7-4-3-5-8-14/h3-10,13,15H,11-12H2,1-2H3,(H,21,26). The Morgan fingerprint density at radius 1 is 1.07 bits per heavy atom. The summed E-state index contributed by atoms with van der Waals surface area (Å²) in [6, 6.07) is 15.2. The molecule has 1 fully saturated rings. The molecule has 0 spiro atoms. The number of aromatic nitrogens is 3. The maximum atomic E-state index is 12.5. The van der Waals surface area contributed by atoms with Crippen molar-refractivity contribution in [2.75, 3.05) is 32.6 Å².